The van der Waals surface area contributed by atoms with Crippen LogP contribution in [-0.4, -0.2) is 20.0 Å². The van der Waals surface area contributed by atoms with Gasteiger partial charge in [-0.1, -0.05) is 39.9 Å². The van der Waals surface area contributed by atoms with Gasteiger partial charge < -0.3 is 4.74 Å². The summed E-state index contributed by atoms with van der Waals surface area (Å²) in [6, 6.07) is 0. The molecule has 0 spiro atoms. The molecule has 0 fully saturated rings. The van der Waals surface area contributed by atoms with Gasteiger partial charge in [-0.05, 0) is 31.3 Å². The summed E-state index contributed by atoms with van der Waals surface area (Å²) < 4.78 is 5.96. The normalized spacial score (nSPS) is 20.3. The van der Waals surface area contributed by atoms with Crippen LogP contribution in [0.15, 0.2) is 11.6 Å². The Morgan fingerprint density at radius 3 is 2.22 bits per heavy atom. The highest BCUT2D eigenvalue weighted by molar-refractivity contribution is 6.60. The number of hydrogen-bond acceptors (Lipinski definition) is 2. The number of carbonyl (C=O) groups excluding carboxylic acids is 1. The van der Waals surface area contributed by atoms with Crippen molar-refractivity contribution >= 4 is 14.8 Å². The molecular weight excluding hydrogens is 240 g/mol. The zero-order chi connectivity index (χ0) is 14.0. The van der Waals surface area contributed by atoms with Gasteiger partial charge in [-0.15, -0.1) is 0 Å². The first-order chi connectivity index (χ1) is 8.22. The molecule has 0 saturated carbocycles. The third-order valence-corrected chi connectivity index (χ3v) is 6.98. The van der Waals surface area contributed by atoms with Crippen LogP contribution >= 0.6 is 0 Å². The maximum atomic E-state index is 11.6. The minimum absolute atomic E-state index is 0.0256. The Morgan fingerprint density at radius 1 is 1.28 bits per heavy atom. The fourth-order valence-electron chi connectivity index (χ4n) is 3.46. The lowest BCUT2D eigenvalue weighted by molar-refractivity contribution is -0.154. The monoisotopic (exact) mass is 268 g/mol. The van der Waals surface area contributed by atoms with Gasteiger partial charge in [0.2, 0.25) is 0 Å². The van der Waals surface area contributed by atoms with Crippen molar-refractivity contribution < 1.29 is 9.53 Å². The van der Waals surface area contributed by atoms with Crippen molar-refractivity contribution in [2.75, 3.05) is 0 Å². The number of allylic oxidation sites excluding steroid dienone is 1. The summed E-state index contributed by atoms with van der Waals surface area (Å²) in [5.74, 6) is -0.141. The highest BCUT2D eigenvalue weighted by Gasteiger charge is 2.50. The Kier molecular flexibility index (Phi) is 4.82. The van der Waals surface area contributed by atoms with Crippen LogP contribution in [0.5, 0.6) is 0 Å². The maximum absolute atomic E-state index is 11.6. The van der Waals surface area contributed by atoms with Crippen molar-refractivity contribution in [1.29, 1.82) is 0 Å². The number of carbonyl (C=O) groups is 1. The van der Waals surface area contributed by atoms with Gasteiger partial charge in [0.05, 0.1) is 8.80 Å². The van der Waals surface area contributed by atoms with Crippen molar-refractivity contribution in [3.8, 4) is 0 Å². The lowest BCUT2D eigenvalue weighted by atomic mass is 9.79. The van der Waals surface area contributed by atoms with Crippen molar-refractivity contribution in [1.82, 2.24) is 0 Å². The first-order valence-electron chi connectivity index (χ1n) is 7.11. The molecule has 1 aliphatic rings. The summed E-state index contributed by atoms with van der Waals surface area (Å²) in [7, 11) is -1.19. The number of ether oxygens (including phenoxy) is 1. The molecule has 1 atom stereocenters. The Morgan fingerprint density at radius 2 is 1.89 bits per heavy atom. The Balaban J connectivity index is 3.28. The summed E-state index contributed by atoms with van der Waals surface area (Å²) >= 11 is 0. The molecule has 0 aromatic carbocycles. The van der Waals surface area contributed by atoms with Gasteiger partial charge in [0.25, 0.3) is 0 Å². The third-order valence-electron chi connectivity index (χ3n) is 4.00. The molecule has 0 bridgehead atoms. The molecule has 0 aliphatic heterocycles. The molecule has 0 heterocycles. The Hall–Kier alpha value is -0.573. The molecule has 1 unspecified atom stereocenters. The minimum atomic E-state index is -1.19. The lowest BCUT2D eigenvalue weighted by Crippen LogP contribution is -2.57. The minimum Gasteiger partial charge on any atom is -0.459 e. The summed E-state index contributed by atoms with van der Waals surface area (Å²) in [4.78, 5) is 11.6. The molecule has 0 radical (unpaired) electrons. The van der Waals surface area contributed by atoms with Gasteiger partial charge in [0.1, 0.15) is 5.22 Å². The zero-order valence-corrected chi connectivity index (χ0v) is 14.0. The van der Waals surface area contributed by atoms with Crippen molar-refractivity contribution in [3.63, 3.8) is 0 Å². The number of rotatable bonds is 3. The lowest BCUT2D eigenvalue weighted by Gasteiger charge is -2.49. The molecule has 0 saturated heterocycles. The van der Waals surface area contributed by atoms with Gasteiger partial charge >= 0.3 is 5.97 Å². The second-order valence-corrected chi connectivity index (χ2v) is 9.83. The van der Waals surface area contributed by atoms with Crippen LogP contribution in [0.1, 0.15) is 53.4 Å². The molecule has 2 nitrogen and oxygen atoms in total. The van der Waals surface area contributed by atoms with Crippen LogP contribution in [0.2, 0.25) is 13.1 Å². The largest absolute Gasteiger partial charge is 0.459 e. The van der Waals surface area contributed by atoms with E-state index < -0.39 is 8.80 Å². The quantitative estimate of drug-likeness (QED) is 0.441. The van der Waals surface area contributed by atoms with Crippen LogP contribution < -0.4 is 0 Å². The van der Waals surface area contributed by atoms with Gasteiger partial charge in [0.15, 0.2) is 0 Å². The van der Waals surface area contributed by atoms with Crippen LogP contribution in [0.4, 0.5) is 0 Å². The SMILES string of the molecule is CC(=O)OC(C1=CCCCC1)([SiH](C)C)C(C)(C)C. The molecule has 0 aromatic rings. The highest BCUT2D eigenvalue weighted by Crippen LogP contribution is 2.45. The molecule has 18 heavy (non-hydrogen) atoms. The average Bonchev–Trinajstić information content (AvgIpc) is 2.24. The van der Waals surface area contributed by atoms with E-state index in [0.717, 1.165) is 12.8 Å². The van der Waals surface area contributed by atoms with Crippen LogP contribution in [0.3, 0.4) is 0 Å². The summed E-state index contributed by atoms with van der Waals surface area (Å²) in [5.41, 5.74) is 1.36. The second kappa shape index (κ2) is 5.60. The number of hydrogen-bond donors (Lipinski definition) is 0. The summed E-state index contributed by atoms with van der Waals surface area (Å²) in [5, 5.41) is -0.320. The third kappa shape index (κ3) is 2.87. The molecular formula is C15H28O2Si. The van der Waals surface area contributed by atoms with Crippen molar-refractivity contribution in [3.05, 3.63) is 11.6 Å². The first kappa shape index (κ1) is 15.5. The Bertz CT molecular complexity index is 339. The predicted octanol–water partition coefficient (Wildman–Crippen LogP) is 3.86. The first-order valence-corrected chi connectivity index (χ1v) is 9.99. The van der Waals surface area contributed by atoms with E-state index in [4.69, 9.17) is 4.74 Å². The van der Waals surface area contributed by atoms with Gasteiger partial charge in [0, 0.05) is 12.3 Å². The maximum Gasteiger partial charge on any atom is 0.303 e. The van der Waals surface area contributed by atoms with E-state index in [1.807, 2.05) is 0 Å². The van der Waals surface area contributed by atoms with Crippen LogP contribution in [0, 0.1) is 5.41 Å². The molecule has 0 N–H and O–H groups in total. The van der Waals surface area contributed by atoms with E-state index in [2.05, 4.69) is 39.9 Å². The molecule has 104 valence electrons. The zero-order valence-electron chi connectivity index (χ0n) is 12.8. The van der Waals surface area contributed by atoms with Gasteiger partial charge in [-0.2, -0.15) is 0 Å². The fourth-order valence-corrected chi connectivity index (χ4v) is 6.59. The fraction of sp³-hybridized carbons (Fsp3) is 0.800. The second-order valence-electron chi connectivity index (χ2n) is 6.71. The molecule has 0 aromatic heterocycles. The highest BCUT2D eigenvalue weighted by atomic mass is 28.3. The van der Waals surface area contributed by atoms with E-state index in [1.54, 1.807) is 6.92 Å². The topological polar surface area (TPSA) is 26.3 Å². The van der Waals surface area contributed by atoms with Gasteiger partial charge in [-0.25, -0.2) is 0 Å². The van der Waals surface area contributed by atoms with Crippen molar-refractivity contribution in [2.45, 2.75) is 71.7 Å². The van der Waals surface area contributed by atoms with Crippen molar-refractivity contribution in [2.24, 2.45) is 5.41 Å². The van der Waals surface area contributed by atoms with E-state index >= 15 is 0 Å². The van der Waals surface area contributed by atoms with E-state index in [-0.39, 0.29) is 16.6 Å². The summed E-state index contributed by atoms with van der Waals surface area (Å²) in [6.45, 7) is 12.8. The Labute approximate surface area is 113 Å². The van der Waals surface area contributed by atoms with E-state index in [9.17, 15) is 4.79 Å². The summed E-state index contributed by atoms with van der Waals surface area (Å²) in [6.07, 6.45) is 7.06. The number of esters is 1. The van der Waals surface area contributed by atoms with E-state index in [1.165, 1.54) is 18.4 Å². The molecule has 0 amide bonds. The van der Waals surface area contributed by atoms with Gasteiger partial charge in [-0.3, -0.25) is 4.79 Å². The average molecular weight is 268 g/mol. The molecule has 1 aliphatic carbocycles. The van der Waals surface area contributed by atoms with E-state index in [0.29, 0.717) is 0 Å². The van der Waals surface area contributed by atoms with Crippen LogP contribution in [-0.2, 0) is 9.53 Å². The standard InChI is InChI=1S/C15H28O2Si/c1-12(16)17-15(18(5)6,14(2,3)4)13-10-8-7-9-11-13/h10,18H,7-9,11H2,1-6H3. The smallest absolute Gasteiger partial charge is 0.303 e. The molecule has 1 rings (SSSR count). The molecule has 3 heteroatoms. The predicted molar refractivity (Wildman–Crippen MR) is 79.4 cm³/mol. The van der Waals surface area contributed by atoms with Crippen LogP contribution in [0.25, 0.3) is 0 Å².